The van der Waals surface area contributed by atoms with E-state index in [9.17, 15) is 14.4 Å². The molecule has 0 spiro atoms. The van der Waals surface area contributed by atoms with Crippen molar-refractivity contribution in [1.29, 1.82) is 0 Å². The number of para-hydroxylation sites is 1. The van der Waals surface area contributed by atoms with Gasteiger partial charge in [0.2, 0.25) is 23.7 Å². The maximum Gasteiger partial charge on any atom is 0.308 e. The molecule has 2 heterocycles. The van der Waals surface area contributed by atoms with Gasteiger partial charge in [-0.3, -0.25) is 19.3 Å². The van der Waals surface area contributed by atoms with E-state index in [2.05, 4.69) is 20.3 Å². The molecular formula is C23H28N6O4. The molecule has 2 amide bonds. The molecule has 1 aliphatic carbocycles. The van der Waals surface area contributed by atoms with Gasteiger partial charge in [-0.2, -0.15) is 15.0 Å². The normalized spacial score (nSPS) is 20.0. The smallest absolute Gasteiger partial charge is 0.308 e. The second kappa shape index (κ2) is 9.93. The van der Waals surface area contributed by atoms with E-state index in [0.717, 1.165) is 43.4 Å². The predicted octanol–water partition coefficient (Wildman–Crippen LogP) is 2.37. The molecule has 1 aliphatic heterocycles. The summed E-state index contributed by atoms with van der Waals surface area (Å²) in [5.74, 6) is -0.856. The number of anilines is 3. The zero-order valence-corrected chi connectivity index (χ0v) is 18.6. The minimum absolute atomic E-state index is 0.00314. The van der Waals surface area contributed by atoms with Gasteiger partial charge < -0.3 is 15.8 Å². The molecular weight excluding hydrogens is 424 g/mol. The molecule has 1 aromatic heterocycles. The molecule has 2 atom stereocenters. The van der Waals surface area contributed by atoms with Crippen LogP contribution in [0.3, 0.4) is 0 Å². The Bertz CT molecular complexity index is 1030. The van der Waals surface area contributed by atoms with Crippen molar-refractivity contribution in [3.8, 4) is 0 Å². The Morgan fingerprint density at radius 1 is 1.12 bits per heavy atom. The number of likely N-dealkylation sites (tertiary alicyclic amines) is 1. The van der Waals surface area contributed by atoms with E-state index in [-0.39, 0.29) is 60.9 Å². The molecule has 1 aromatic carbocycles. The molecule has 0 radical (unpaired) electrons. The number of rotatable bonds is 8. The van der Waals surface area contributed by atoms with Crippen LogP contribution in [-0.4, -0.2) is 44.2 Å². The lowest BCUT2D eigenvalue weighted by Crippen LogP contribution is -2.33. The van der Waals surface area contributed by atoms with E-state index in [1.807, 2.05) is 31.2 Å². The minimum atomic E-state index is -0.546. The monoisotopic (exact) mass is 452 g/mol. The van der Waals surface area contributed by atoms with Crippen LogP contribution in [0, 0.1) is 11.8 Å². The highest BCUT2D eigenvalue weighted by Crippen LogP contribution is 2.38. The Kier molecular flexibility index (Phi) is 6.81. The largest absolute Gasteiger partial charge is 0.457 e. The van der Waals surface area contributed by atoms with Crippen molar-refractivity contribution >= 4 is 35.4 Å². The van der Waals surface area contributed by atoms with Crippen molar-refractivity contribution < 1.29 is 19.1 Å². The van der Waals surface area contributed by atoms with Crippen LogP contribution >= 0.6 is 0 Å². The van der Waals surface area contributed by atoms with E-state index in [1.165, 1.54) is 4.90 Å². The van der Waals surface area contributed by atoms with Gasteiger partial charge in [0.25, 0.3) is 0 Å². The number of hydrogen-bond acceptors (Lipinski definition) is 9. The average molecular weight is 453 g/mol. The quantitative estimate of drug-likeness (QED) is 0.456. The molecule has 2 fully saturated rings. The number of benzene rings is 1. The standard InChI is InChI=1S/C23H28N6O4/c1-2-14-7-3-6-10-17(14)25-23-27-18(26-22(24)28-23)13-33-19(30)11-12-29-20(31)15-8-4-5-9-16(15)21(29)32/h3,6-7,10,15-16H,2,4-5,8-9,11-13H2,1H3,(H3,24,25,26,27,28)/t15-,16+. The van der Waals surface area contributed by atoms with E-state index >= 15 is 0 Å². The van der Waals surface area contributed by atoms with E-state index in [4.69, 9.17) is 10.5 Å². The fourth-order valence-corrected chi connectivity index (χ4v) is 4.50. The summed E-state index contributed by atoms with van der Waals surface area (Å²) < 4.78 is 5.26. The predicted molar refractivity (Wildman–Crippen MR) is 120 cm³/mol. The number of nitrogen functional groups attached to an aromatic ring is 1. The third-order valence-corrected chi connectivity index (χ3v) is 6.18. The lowest BCUT2D eigenvalue weighted by atomic mass is 9.81. The van der Waals surface area contributed by atoms with Gasteiger partial charge in [-0.05, 0) is 30.9 Å². The van der Waals surface area contributed by atoms with Gasteiger partial charge in [0.05, 0.1) is 18.3 Å². The second-order valence-corrected chi connectivity index (χ2v) is 8.31. The summed E-state index contributed by atoms with van der Waals surface area (Å²) in [6.07, 6.45) is 4.17. The third kappa shape index (κ3) is 5.10. The van der Waals surface area contributed by atoms with Crippen LogP contribution in [0.2, 0.25) is 0 Å². The molecule has 33 heavy (non-hydrogen) atoms. The first kappa shape index (κ1) is 22.6. The number of amides is 2. The van der Waals surface area contributed by atoms with Crippen LogP contribution in [0.5, 0.6) is 0 Å². The van der Waals surface area contributed by atoms with Crippen LogP contribution in [0.4, 0.5) is 17.6 Å². The van der Waals surface area contributed by atoms with Crippen molar-refractivity contribution in [3.63, 3.8) is 0 Å². The Hall–Kier alpha value is -3.56. The maximum atomic E-state index is 12.5. The summed E-state index contributed by atoms with van der Waals surface area (Å²) in [6.45, 7) is 1.89. The van der Waals surface area contributed by atoms with Gasteiger partial charge >= 0.3 is 5.97 Å². The Morgan fingerprint density at radius 3 is 2.52 bits per heavy atom. The summed E-state index contributed by atoms with van der Waals surface area (Å²) in [5, 5.41) is 3.12. The van der Waals surface area contributed by atoms with Crippen LogP contribution in [-0.2, 0) is 32.1 Å². The molecule has 1 saturated carbocycles. The molecule has 0 unspecified atom stereocenters. The van der Waals surface area contributed by atoms with Gasteiger partial charge in [0, 0.05) is 12.2 Å². The van der Waals surface area contributed by atoms with Crippen molar-refractivity contribution in [2.45, 2.75) is 52.1 Å². The van der Waals surface area contributed by atoms with E-state index in [0.29, 0.717) is 0 Å². The second-order valence-electron chi connectivity index (χ2n) is 8.31. The average Bonchev–Trinajstić information content (AvgIpc) is 3.06. The van der Waals surface area contributed by atoms with Gasteiger partial charge in [-0.25, -0.2) is 0 Å². The number of aromatic nitrogens is 3. The number of fused-ring (bicyclic) bond motifs is 1. The summed E-state index contributed by atoms with van der Waals surface area (Å²) in [4.78, 5) is 50.9. The molecule has 0 bridgehead atoms. The summed E-state index contributed by atoms with van der Waals surface area (Å²) in [7, 11) is 0. The first-order valence-corrected chi connectivity index (χ1v) is 11.3. The highest BCUT2D eigenvalue weighted by molar-refractivity contribution is 6.05. The maximum absolute atomic E-state index is 12.5. The van der Waals surface area contributed by atoms with E-state index < -0.39 is 5.97 Å². The fourth-order valence-electron chi connectivity index (χ4n) is 4.50. The minimum Gasteiger partial charge on any atom is -0.457 e. The van der Waals surface area contributed by atoms with Crippen LogP contribution in [0.15, 0.2) is 24.3 Å². The van der Waals surface area contributed by atoms with Crippen molar-refractivity contribution in [3.05, 3.63) is 35.7 Å². The molecule has 4 rings (SSSR count). The van der Waals surface area contributed by atoms with E-state index in [1.54, 1.807) is 0 Å². The van der Waals surface area contributed by atoms with Crippen molar-refractivity contribution in [2.24, 2.45) is 11.8 Å². The molecule has 2 aliphatic rings. The molecule has 10 nitrogen and oxygen atoms in total. The molecule has 1 saturated heterocycles. The zero-order valence-electron chi connectivity index (χ0n) is 18.6. The molecule has 174 valence electrons. The number of imide groups is 1. The van der Waals surface area contributed by atoms with Gasteiger partial charge in [-0.1, -0.05) is 38.0 Å². The number of nitrogens with two attached hydrogens (primary N) is 1. The highest BCUT2D eigenvalue weighted by Gasteiger charge is 2.47. The van der Waals surface area contributed by atoms with Crippen molar-refractivity contribution in [1.82, 2.24) is 19.9 Å². The Balaban J connectivity index is 1.32. The number of esters is 1. The number of ether oxygens (including phenoxy) is 1. The summed E-state index contributed by atoms with van der Waals surface area (Å²) >= 11 is 0. The molecule has 3 N–H and O–H groups in total. The molecule has 2 aromatic rings. The zero-order chi connectivity index (χ0) is 23.4. The first-order valence-electron chi connectivity index (χ1n) is 11.3. The number of carbonyl (C=O) groups is 3. The number of hydrogen-bond donors (Lipinski definition) is 2. The fraction of sp³-hybridized carbons (Fsp3) is 0.478. The van der Waals surface area contributed by atoms with Gasteiger partial charge in [0.15, 0.2) is 12.4 Å². The first-order chi connectivity index (χ1) is 16.0. The molecule has 10 heteroatoms. The van der Waals surface area contributed by atoms with Crippen LogP contribution in [0.25, 0.3) is 0 Å². The number of carbonyl (C=O) groups excluding carboxylic acids is 3. The van der Waals surface area contributed by atoms with Crippen molar-refractivity contribution in [2.75, 3.05) is 17.6 Å². The summed E-state index contributed by atoms with van der Waals surface area (Å²) in [6, 6.07) is 7.77. The third-order valence-electron chi connectivity index (χ3n) is 6.18. The van der Waals surface area contributed by atoms with Crippen LogP contribution < -0.4 is 11.1 Å². The van der Waals surface area contributed by atoms with Gasteiger partial charge in [0.1, 0.15) is 0 Å². The lowest BCUT2D eigenvalue weighted by Gasteiger charge is -2.19. The number of nitrogens with one attached hydrogen (secondary N) is 1. The lowest BCUT2D eigenvalue weighted by molar-refractivity contribution is -0.147. The Labute approximate surface area is 191 Å². The highest BCUT2D eigenvalue weighted by atomic mass is 16.5. The SMILES string of the molecule is CCc1ccccc1Nc1nc(N)nc(COC(=O)CCN2C(=O)[C@H]3CCCC[C@H]3C2=O)n1. The topological polar surface area (TPSA) is 140 Å². The van der Waals surface area contributed by atoms with Crippen LogP contribution in [0.1, 0.15) is 50.4 Å². The Morgan fingerprint density at radius 2 is 1.82 bits per heavy atom. The number of aryl methyl sites for hydroxylation is 1. The van der Waals surface area contributed by atoms with Gasteiger partial charge in [-0.15, -0.1) is 0 Å². The summed E-state index contributed by atoms with van der Waals surface area (Å²) in [5.41, 5.74) is 7.74. The number of nitrogens with zero attached hydrogens (tertiary/aromatic N) is 4.